The highest BCUT2D eigenvalue weighted by atomic mass is 32.2. The third-order valence-corrected chi connectivity index (χ3v) is 3.71. The Balaban J connectivity index is 2.56. The average molecular weight is 280 g/mol. The van der Waals surface area contributed by atoms with E-state index in [1.807, 2.05) is 0 Å². The number of benzene rings is 1. The first-order valence-corrected chi connectivity index (χ1v) is 7.10. The number of rotatable bonds is 7. The Morgan fingerprint density at radius 3 is 2.50 bits per heavy atom. The summed E-state index contributed by atoms with van der Waals surface area (Å²) in [4.78, 5) is 0. The molecule has 0 bridgehead atoms. The summed E-state index contributed by atoms with van der Waals surface area (Å²) in [5.74, 6) is -2.68. The van der Waals surface area contributed by atoms with Crippen molar-refractivity contribution < 1.29 is 27.0 Å². The van der Waals surface area contributed by atoms with Crippen molar-refractivity contribution >= 4 is 9.84 Å². The number of hydrogen-bond acceptors (Lipinski definition) is 4. The van der Waals surface area contributed by atoms with Crippen LogP contribution in [0.2, 0.25) is 0 Å². The maximum absolute atomic E-state index is 12.9. The summed E-state index contributed by atoms with van der Waals surface area (Å²) in [6.07, 6.45) is 0. The molecule has 0 unspecified atom stereocenters. The molecular formula is C11H14F2O4S. The number of halogens is 2. The van der Waals surface area contributed by atoms with E-state index in [1.165, 1.54) is 6.07 Å². The van der Waals surface area contributed by atoms with Crippen LogP contribution in [-0.2, 0) is 20.3 Å². The number of aliphatic hydroxyl groups excluding tert-OH is 1. The van der Waals surface area contributed by atoms with Gasteiger partial charge >= 0.3 is 0 Å². The van der Waals surface area contributed by atoms with E-state index < -0.39 is 21.5 Å². The van der Waals surface area contributed by atoms with E-state index in [4.69, 9.17) is 9.84 Å². The van der Waals surface area contributed by atoms with Gasteiger partial charge in [-0.2, -0.15) is 0 Å². The van der Waals surface area contributed by atoms with Gasteiger partial charge in [-0.25, -0.2) is 17.2 Å². The molecule has 0 radical (unpaired) electrons. The van der Waals surface area contributed by atoms with E-state index in [1.54, 1.807) is 0 Å². The van der Waals surface area contributed by atoms with Gasteiger partial charge in [0.05, 0.1) is 31.3 Å². The summed E-state index contributed by atoms with van der Waals surface area (Å²) >= 11 is 0. The maximum Gasteiger partial charge on any atom is 0.159 e. The lowest BCUT2D eigenvalue weighted by atomic mass is 10.2. The molecule has 0 saturated carbocycles. The predicted octanol–water partition coefficient (Wildman–Crippen LogP) is 0.888. The summed E-state index contributed by atoms with van der Waals surface area (Å²) in [6, 6.07) is 2.98. The lowest BCUT2D eigenvalue weighted by Crippen LogP contribution is -2.15. The molecule has 18 heavy (non-hydrogen) atoms. The highest BCUT2D eigenvalue weighted by molar-refractivity contribution is 7.90. The fourth-order valence-corrected chi connectivity index (χ4v) is 2.51. The zero-order chi connectivity index (χ0) is 13.6. The van der Waals surface area contributed by atoms with Crippen LogP contribution in [0.4, 0.5) is 8.78 Å². The summed E-state index contributed by atoms with van der Waals surface area (Å²) in [7, 11) is -3.44. The zero-order valence-electron chi connectivity index (χ0n) is 9.60. The molecule has 1 aromatic rings. The molecule has 4 nitrogen and oxygen atoms in total. The highest BCUT2D eigenvalue weighted by Crippen LogP contribution is 2.12. The van der Waals surface area contributed by atoms with Gasteiger partial charge in [0.1, 0.15) is 0 Å². The molecule has 0 aliphatic heterocycles. The van der Waals surface area contributed by atoms with Crippen molar-refractivity contribution in [2.24, 2.45) is 0 Å². The molecule has 0 saturated heterocycles. The topological polar surface area (TPSA) is 63.6 Å². The fourth-order valence-electron chi connectivity index (χ4n) is 1.31. The van der Waals surface area contributed by atoms with Crippen LogP contribution in [0, 0.1) is 11.6 Å². The summed E-state index contributed by atoms with van der Waals surface area (Å²) < 4.78 is 53.6. The molecule has 0 heterocycles. The standard InChI is InChI=1S/C11H14F2O4S/c12-10-2-1-9(7-11(10)13)8-18(15,16)6-5-17-4-3-14/h1-2,7,14H,3-6,8H2. The van der Waals surface area contributed by atoms with Crippen LogP contribution in [0.1, 0.15) is 5.56 Å². The summed E-state index contributed by atoms with van der Waals surface area (Å²) in [6.45, 7) is -0.142. The first-order chi connectivity index (χ1) is 8.44. The van der Waals surface area contributed by atoms with Crippen molar-refractivity contribution in [2.75, 3.05) is 25.6 Å². The number of hydrogen-bond donors (Lipinski definition) is 1. The van der Waals surface area contributed by atoms with Crippen molar-refractivity contribution in [3.63, 3.8) is 0 Å². The Morgan fingerprint density at radius 1 is 1.17 bits per heavy atom. The van der Waals surface area contributed by atoms with Crippen LogP contribution in [-0.4, -0.2) is 39.1 Å². The predicted molar refractivity (Wildman–Crippen MR) is 61.8 cm³/mol. The van der Waals surface area contributed by atoms with Crippen molar-refractivity contribution in [1.29, 1.82) is 0 Å². The first-order valence-electron chi connectivity index (χ1n) is 5.27. The minimum absolute atomic E-state index is 0.0351. The molecule has 0 aromatic heterocycles. The molecule has 0 atom stereocenters. The van der Waals surface area contributed by atoms with Gasteiger partial charge in [-0.3, -0.25) is 0 Å². The minimum Gasteiger partial charge on any atom is -0.394 e. The SMILES string of the molecule is O=S(=O)(CCOCCO)Cc1ccc(F)c(F)c1. The second-order valence-electron chi connectivity index (χ2n) is 3.68. The lowest BCUT2D eigenvalue weighted by Gasteiger charge is -2.05. The maximum atomic E-state index is 12.9. The minimum atomic E-state index is -3.44. The molecular weight excluding hydrogens is 266 g/mol. The Kier molecular flexibility index (Phi) is 5.64. The molecule has 0 aliphatic carbocycles. The van der Waals surface area contributed by atoms with Crippen LogP contribution in [0.25, 0.3) is 0 Å². The van der Waals surface area contributed by atoms with Crippen molar-refractivity contribution in [1.82, 2.24) is 0 Å². The number of aliphatic hydroxyl groups is 1. The normalized spacial score (nSPS) is 11.7. The quantitative estimate of drug-likeness (QED) is 0.753. The Hall–Kier alpha value is -1.05. The van der Waals surface area contributed by atoms with E-state index in [0.717, 1.165) is 12.1 Å². The van der Waals surface area contributed by atoms with Gasteiger partial charge in [-0.15, -0.1) is 0 Å². The van der Waals surface area contributed by atoms with Gasteiger partial charge in [0.2, 0.25) is 0 Å². The third-order valence-electron chi connectivity index (χ3n) is 2.14. The molecule has 1 aromatic carbocycles. The second-order valence-corrected chi connectivity index (χ2v) is 5.86. The fraction of sp³-hybridized carbons (Fsp3) is 0.455. The average Bonchev–Trinajstić information content (AvgIpc) is 2.29. The monoisotopic (exact) mass is 280 g/mol. The van der Waals surface area contributed by atoms with Crippen LogP contribution in [0.15, 0.2) is 18.2 Å². The van der Waals surface area contributed by atoms with Crippen LogP contribution >= 0.6 is 0 Å². The van der Waals surface area contributed by atoms with Crippen LogP contribution in [0.3, 0.4) is 0 Å². The van der Waals surface area contributed by atoms with E-state index >= 15 is 0 Å². The summed E-state index contributed by atoms with van der Waals surface area (Å²) in [5.41, 5.74) is 0.191. The molecule has 0 fully saturated rings. The van der Waals surface area contributed by atoms with Crippen molar-refractivity contribution in [3.05, 3.63) is 35.4 Å². The third kappa shape index (κ3) is 5.07. The smallest absolute Gasteiger partial charge is 0.159 e. The number of ether oxygens (including phenoxy) is 1. The second kappa shape index (κ2) is 6.77. The van der Waals surface area contributed by atoms with Crippen LogP contribution < -0.4 is 0 Å². The van der Waals surface area contributed by atoms with Gasteiger partial charge in [-0.05, 0) is 17.7 Å². The molecule has 1 N–H and O–H groups in total. The molecule has 0 amide bonds. The molecule has 0 aliphatic rings. The molecule has 102 valence electrons. The zero-order valence-corrected chi connectivity index (χ0v) is 10.4. The highest BCUT2D eigenvalue weighted by Gasteiger charge is 2.13. The van der Waals surface area contributed by atoms with E-state index in [9.17, 15) is 17.2 Å². The lowest BCUT2D eigenvalue weighted by molar-refractivity contribution is 0.103. The van der Waals surface area contributed by atoms with Gasteiger partial charge in [0, 0.05) is 0 Å². The Morgan fingerprint density at radius 2 is 1.89 bits per heavy atom. The molecule has 7 heteroatoms. The number of sulfone groups is 1. The van der Waals surface area contributed by atoms with Gasteiger partial charge in [0.25, 0.3) is 0 Å². The van der Waals surface area contributed by atoms with Gasteiger partial charge in [-0.1, -0.05) is 6.07 Å². The first kappa shape index (κ1) is 15.0. The van der Waals surface area contributed by atoms with E-state index in [0.29, 0.717) is 0 Å². The largest absolute Gasteiger partial charge is 0.394 e. The van der Waals surface area contributed by atoms with Gasteiger partial charge < -0.3 is 9.84 Å². The van der Waals surface area contributed by atoms with E-state index in [-0.39, 0.29) is 36.9 Å². The Labute approximate surface area is 104 Å². The van der Waals surface area contributed by atoms with Gasteiger partial charge in [0.15, 0.2) is 21.5 Å². The Bertz CT molecular complexity index is 488. The molecule has 1 rings (SSSR count). The van der Waals surface area contributed by atoms with Crippen molar-refractivity contribution in [2.45, 2.75) is 5.75 Å². The summed E-state index contributed by atoms with van der Waals surface area (Å²) in [5, 5.41) is 8.44. The van der Waals surface area contributed by atoms with Crippen LogP contribution in [0.5, 0.6) is 0 Å². The van der Waals surface area contributed by atoms with E-state index in [2.05, 4.69) is 0 Å². The van der Waals surface area contributed by atoms with Crippen molar-refractivity contribution in [3.8, 4) is 0 Å². The molecule has 0 spiro atoms.